The van der Waals surface area contributed by atoms with Gasteiger partial charge in [0, 0.05) is 37.9 Å². The Kier molecular flexibility index (Phi) is 11.0. The molecule has 0 N–H and O–H groups in total. The first kappa shape index (κ1) is 38.2. The zero-order valence-electron chi connectivity index (χ0n) is 33.4. The maximum atomic E-state index is 4.48. The number of hydrogen-bond acceptors (Lipinski definition) is 4. The molecule has 1 aliphatic heterocycles. The fourth-order valence-corrected chi connectivity index (χ4v) is 9.34. The molecule has 0 atom stereocenters. The molecule has 0 spiro atoms. The van der Waals surface area contributed by atoms with E-state index in [4.69, 9.17) is 0 Å². The second kappa shape index (κ2) is 17.3. The van der Waals surface area contributed by atoms with Crippen molar-refractivity contribution in [2.75, 3.05) is 4.90 Å². The average Bonchev–Trinajstić information content (AvgIpc) is 3.85. The summed E-state index contributed by atoms with van der Waals surface area (Å²) in [7, 11) is 0. The predicted molar refractivity (Wildman–Crippen MR) is 260 cm³/mol. The molecule has 0 saturated carbocycles. The molecule has 0 fully saturated rings. The third-order valence-corrected chi connectivity index (χ3v) is 12.2. The molecule has 2 aromatic heterocycles. The fourth-order valence-electron chi connectivity index (χ4n) is 8.19. The third-order valence-electron chi connectivity index (χ3n) is 11.0. The number of nitrogens with zero attached hydrogens (tertiary/aromatic N) is 4. The Hall–Kier alpha value is -7.34. The summed E-state index contributed by atoms with van der Waals surface area (Å²) in [5.74, 6) is 0. The maximum absolute atomic E-state index is 4.48. The number of para-hydroxylation sites is 2. The van der Waals surface area contributed by atoms with E-state index in [1.165, 1.54) is 70.5 Å². The van der Waals surface area contributed by atoms with Gasteiger partial charge >= 0.3 is 0 Å². The Labute approximate surface area is 355 Å². The molecule has 3 heterocycles. The molecule has 0 radical (unpaired) electrons. The van der Waals surface area contributed by atoms with Crippen LogP contribution in [0.2, 0.25) is 0 Å². The van der Waals surface area contributed by atoms with Crippen LogP contribution in [0.15, 0.2) is 216 Å². The van der Waals surface area contributed by atoms with Crippen LogP contribution in [-0.4, -0.2) is 18.0 Å². The molecular weight excluding hydrogens is 749 g/mol. The van der Waals surface area contributed by atoms with E-state index in [9.17, 15) is 0 Å². The van der Waals surface area contributed by atoms with Crippen molar-refractivity contribution in [3.8, 4) is 27.9 Å². The summed E-state index contributed by atoms with van der Waals surface area (Å²) < 4.78 is 3.58. The highest BCUT2D eigenvalue weighted by Crippen LogP contribution is 2.41. The minimum absolute atomic E-state index is 0.675. The zero-order chi connectivity index (χ0) is 40.8. The van der Waals surface area contributed by atoms with E-state index in [1.807, 2.05) is 18.2 Å². The Balaban J connectivity index is 0.000000260. The van der Waals surface area contributed by atoms with E-state index in [-0.39, 0.29) is 0 Å². The Bertz CT molecular complexity index is 3080. The highest BCUT2D eigenvalue weighted by atomic mass is 32.1. The SMILES string of the molecule is C=NCc1cccc(-c2ccccc2)c1.C=Nc1c(CN2C(=C)/C=C\C=C/Cc3cc(-c4ccc5c(c4)c4ccccc4n5-c4ccccc4)ccc32)sc2ccccc12. The van der Waals surface area contributed by atoms with E-state index in [1.54, 1.807) is 11.3 Å². The molecule has 1 aliphatic rings. The van der Waals surface area contributed by atoms with Gasteiger partial charge in [0.1, 0.15) is 0 Å². The van der Waals surface area contributed by atoms with Crippen molar-refractivity contribution in [2.24, 2.45) is 9.98 Å². The average molecular weight is 793 g/mol. The quantitative estimate of drug-likeness (QED) is 0.141. The Morgan fingerprint density at radius 1 is 0.583 bits per heavy atom. The fraction of sp³-hybridized carbons (Fsp3) is 0.0545. The molecule has 5 heteroatoms. The van der Waals surface area contributed by atoms with Gasteiger partial charge in [0.25, 0.3) is 0 Å². The van der Waals surface area contributed by atoms with Crippen LogP contribution in [0.25, 0.3) is 59.8 Å². The molecule has 0 amide bonds. The lowest BCUT2D eigenvalue weighted by atomic mass is 9.98. The number of benzene rings is 7. The van der Waals surface area contributed by atoms with Gasteiger partial charge in [-0.2, -0.15) is 0 Å². The number of fused-ring (bicyclic) bond motifs is 5. The second-order valence-electron chi connectivity index (χ2n) is 14.8. The molecule has 0 saturated heterocycles. The number of allylic oxidation sites excluding steroid dienone is 4. The van der Waals surface area contributed by atoms with Gasteiger partial charge in [0.15, 0.2) is 0 Å². The number of aromatic nitrogens is 1. The molecule has 7 aromatic carbocycles. The standard InChI is InChI=1S/C41H31N3S.C14H13N/c1-28-13-5-3-6-14-31-25-29(21-23-36(31)43(28)27-40-41(42-2)34-18-10-12-20-39(34)45-40)30-22-24-38-35(26-30)33-17-9-11-19-37(33)44(38)32-15-7-4-8-16-32;1-15-11-12-6-5-9-14(10-12)13-7-3-2-4-8-13/h3-13,15-26H,1-2,14,27H2;2-10H,1,11H2/b6-3-,13-5-;. The Morgan fingerprint density at radius 3 is 2.08 bits per heavy atom. The molecule has 60 heavy (non-hydrogen) atoms. The van der Waals surface area contributed by atoms with Gasteiger partial charge in [0.05, 0.1) is 34.7 Å². The van der Waals surface area contributed by atoms with E-state index < -0.39 is 0 Å². The molecule has 0 unspecified atom stereocenters. The summed E-state index contributed by atoms with van der Waals surface area (Å²) in [5.41, 5.74) is 14.0. The molecule has 10 rings (SSSR count). The minimum Gasteiger partial charge on any atom is -0.336 e. The van der Waals surface area contributed by atoms with Gasteiger partial charge in [-0.25, -0.2) is 0 Å². The highest BCUT2D eigenvalue weighted by molar-refractivity contribution is 7.19. The first-order valence-electron chi connectivity index (χ1n) is 20.1. The molecule has 0 bridgehead atoms. The lowest BCUT2D eigenvalue weighted by molar-refractivity contribution is 0.945. The molecular formula is C55H44N4S. The van der Waals surface area contributed by atoms with Gasteiger partial charge in [-0.1, -0.05) is 140 Å². The van der Waals surface area contributed by atoms with Crippen molar-refractivity contribution in [2.45, 2.75) is 19.5 Å². The first-order chi connectivity index (χ1) is 29.6. The molecule has 290 valence electrons. The number of thiophene rings is 1. The van der Waals surface area contributed by atoms with E-state index in [0.717, 1.165) is 28.9 Å². The molecule has 0 aliphatic carbocycles. The number of aliphatic imine (C=N–C) groups is 2. The summed E-state index contributed by atoms with van der Waals surface area (Å²) in [6, 6.07) is 60.2. The number of hydrogen-bond donors (Lipinski definition) is 0. The summed E-state index contributed by atoms with van der Waals surface area (Å²) >= 11 is 1.78. The third kappa shape index (κ3) is 7.67. The Morgan fingerprint density at radius 2 is 1.27 bits per heavy atom. The van der Waals surface area contributed by atoms with Crippen LogP contribution in [0.1, 0.15) is 16.0 Å². The van der Waals surface area contributed by atoms with Crippen LogP contribution in [0, 0.1) is 0 Å². The van der Waals surface area contributed by atoms with Gasteiger partial charge in [-0.15, -0.1) is 11.3 Å². The van der Waals surface area contributed by atoms with Crippen molar-refractivity contribution < 1.29 is 0 Å². The summed E-state index contributed by atoms with van der Waals surface area (Å²) in [6.07, 6.45) is 9.33. The van der Waals surface area contributed by atoms with Crippen molar-refractivity contribution in [1.29, 1.82) is 0 Å². The smallest absolute Gasteiger partial charge is 0.0858 e. The van der Waals surface area contributed by atoms with E-state index >= 15 is 0 Å². The summed E-state index contributed by atoms with van der Waals surface area (Å²) in [5, 5.41) is 3.66. The van der Waals surface area contributed by atoms with Crippen molar-refractivity contribution in [1.82, 2.24) is 4.57 Å². The molecule has 9 aromatic rings. The summed E-state index contributed by atoms with van der Waals surface area (Å²) in [4.78, 5) is 11.9. The van der Waals surface area contributed by atoms with Crippen LogP contribution in [-0.2, 0) is 19.5 Å². The van der Waals surface area contributed by atoms with Crippen LogP contribution in [0.3, 0.4) is 0 Å². The molecule has 4 nitrogen and oxygen atoms in total. The van der Waals surface area contributed by atoms with Crippen LogP contribution >= 0.6 is 11.3 Å². The monoisotopic (exact) mass is 792 g/mol. The normalized spacial score (nSPS) is 13.5. The van der Waals surface area contributed by atoms with Gasteiger partial charge in [-0.3, -0.25) is 9.98 Å². The number of rotatable bonds is 8. The second-order valence-corrected chi connectivity index (χ2v) is 15.9. The van der Waals surface area contributed by atoms with Crippen LogP contribution in [0.4, 0.5) is 11.4 Å². The topological polar surface area (TPSA) is 32.9 Å². The van der Waals surface area contributed by atoms with Gasteiger partial charge in [0.2, 0.25) is 0 Å². The van der Waals surface area contributed by atoms with Crippen molar-refractivity contribution in [3.05, 3.63) is 222 Å². The zero-order valence-corrected chi connectivity index (χ0v) is 34.2. The van der Waals surface area contributed by atoms with Gasteiger partial charge in [-0.05, 0) is 114 Å². The summed E-state index contributed by atoms with van der Waals surface area (Å²) in [6.45, 7) is 13.3. The lowest BCUT2D eigenvalue weighted by Crippen LogP contribution is -2.21. The van der Waals surface area contributed by atoms with E-state index in [0.29, 0.717) is 13.1 Å². The first-order valence-corrected chi connectivity index (χ1v) is 21.0. The lowest BCUT2D eigenvalue weighted by Gasteiger charge is -2.27. The van der Waals surface area contributed by atoms with E-state index in [2.05, 4.69) is 215 Å². The largest absolute Gasteiger partial charge is 0.336 e. The maximum Gasteiger partial charge on any atom is 0.0858 e. The predicted octanol–water partition coefficient (Wildman–Crippen LogP) is 14.7. The van der Waals surface area contributed by atoms with Crippen LogP contribution < -0.4 is 4.90 Å². The van der Waals surface area contributed by atoms with Crippen molar-refractivity contribution in [3.63, 3.8) is 0 Å². The minimum atomic E-state index is 0.675. The van der Waals surface area contributed by atoms with Crippen LogP contribution in [0.5, 0.6) is 0 Å². The highest BCUT2D eigenvalue weighted by Gasteiger charge is 2.20. The number of anilines is 1. The van der Waals surface area contributed by atoms with Gasteiger partial charge < -0.3 is 9.47 Å². The van der Waals surface area contributed by atoms with Crippen molar-refractivity contribution >= 4 is 68.0 Å².